The number of benzene rings is 3. The molecule has 1 saturated carbocycles. The molecule has 3 atom stereocenters. The van der Waals surface area contributed by atoms with Crippen LogP contribution < -0.4 is 10.6 Å². The first-order chi connectivity index (χ1) is 15.1. The van der Waals surface area contributed by atoms with Gasteiger partial charge in [0.15, 0.2) is 0 Å². The molecule has 4 N–H and O–H groups in total. The van der Waals surface area contributed by atoms with Crippen molar-refractivity contribution in [3.05, 3.63) is 84.4 Å². The Morgan fingerprint density at radius 2 is 1.42 bits per heavy atom. The topological polar surface area (TPSA) is 81.6 Å². The van der Waals surface area contributed by atoms with Gasteiger partial charge in [-0.2, -0.15) is 0 Å². The van der Waals surface area contributed by atoms with E-state index in [-0.39, 0.29) is 24.5 Å². The number of aliphatic hydroxyl groups is 2. The highest BCUT2D eigenvalue weighted by Crippen LogP contribution is 2.40. The fraction of sp³-hybridized carbons (Fsp3) is 0.269. The standard InChI is InChI=1S/C26H28N2O3/c29-17-21-5-4-8-24(21)25(30)20-11-9-18(10-12-20)19-13-15-23(16-14-19)28-26(31)27-22-6-2-1-3-7-22/h1-3,6-7,9-16,21,24-25,29-30H,4-5,8,17H2,(H2,27,28,31)/t21-,24+,25+/m0/s1. The lowest BCUT2D eigenvalue weighted by Crippen LogP contribution is -2.19. The quantitative estimate of drug-likeness (QED) is 0.432. The smallest absolute Gasteiger partial charge is 0.323 e. The molecule has 0 saturated heterocycles. The summed E-state index contributed by atoms with van der Waals surface area (Å²) in [6.07, 6.45) is 2.47. The molecule has 0 radical (unpaired) electrons. The number of hydrogen-bond donors (Lipinski definition) is 4. The molecule has 0 unspecified atom stereocenters. The maximum Gasteiger partial charge on any atom is 0.323 e. The van der Waals surface area contributed by atoms with Gasteiger partial charge in [-0.15, -0.1) is 0 Å². The molecular formula is C26H28N2O3. The summed E-state index contributed by atoms with van der Waals surface area (Å²) in [4.78, 5) is 12.1. The van der Waals surface area contributed by atoms with E-state index in [0.717, 1.165) is 41.6 Å². The van der Waals surface area contributed by atoms with Crippen molar-refractivity contribution in [3.8, 4) is 11.1 Å². The van der Waals surface area contributed by atoms with Gasteiger partial charge >= 0.3 is 6.03 Å². The third-order valence-corrected chi connectivity index (χ3v) is 6.12. The highest BCUT2D eigenvalue weighted by atomic mass is 16.3. The van der Waals surface area contributed by atoms with Gasteiger partial charge in [-0.25, -0.2) is 4.79 Å². The van der Waals surface area contributed by atoms with Gasteiger partial charge in [-0.1, -0.05) is 61.0 Å². The van der Waals surface area contributed by atoms with Crippen molar-refractivity contribution in [2.24, 2.45) is 11.8 Å². The van der Waals surface area contributed by atoms with Gasteiger partial charge in [0.2, 0.25) is 0 Å². The van der Waals surface area contributed by atoms with Crippen LogP contribution in [0.3, 0.4) is 0 Å². The SMILES string of the molecule is O=C(Nc1ccccc1)Nc1ccc(-c2ccc([C@@H](O)[C@@H]3CCC[C@H]3CO)cc2)cc1. The van der Waals surface area contributed by atoms with Crippen LogP contribution in [0.5, 0.6) is 0 Å². The molecule has 3 aromatic carbocycles. The predicted octanol–water partition coefficient (Wildman–Crippen LogP) is 5.44. The van der Waals surface area contributed by atoms with Gasteiger partial charge in [-0.05, 0) is 65.6 Å². The van der Waals surface area contributed by atoms with Crippen molar-refractivity contribution in [1.82, 2.24) is 0 Å². The Hall–Kier alpha value is -3.15. The molecule has 0 aliphatic heterocycles. The van der Waals surface area contributed by atoms with Crippen LogP contribution in [0.4, 0.5) is 16.2 Å². The summed E-state index contributed by atoms with van der Waals surface area (Å²) in [5.41, 5.74) is 4.41. The van der Waals surface area contributed by atoms with E-state index in [4.69, 9.17) is 0 Å². The number of carbonyl (C=O) groups excluding carboxylic acids is 1. The molecule has 0 spiro atoms. The van der Waals surface area contributed by atoms with Gasteiger partial charge in [0, 0.05) is 18.0 Å². The molecule has 160 valence electrons. The Morgan fingerprint density at radius 1 is 0.839 bits per heavy atom. The van der Waals surface area contributed by atoms with E-state index in [9.17, 15) is 15.0 Å². The molecule has 1 fully saturated rings. The Morgan fingerprint density at radius 3 is 2.03 bits per heavy atom. The van der Waals surface area contributed by atoms with E-state index in [1.165, 1.54) is 0 Å². The zero-order valence-corrected chi connectivity index (χ0v) is 17.4. The number of urea groups is 1. The molecule has 1 aliphatic carbocycles. The average molecular weight is 417 g/mol. The van der Waals surface area contributed by atoms with Crippen molar-refractivity contribution in [1.29, 1.82) is 0 Å². The molecule has 2 amide bonds. The Kier molecular flexibility index (Phi) is 6.65. The second-order valence-corrected chi connectivity index (χ2v) is 8.13. The zero-order chi connectivity index (χ0) is 21.6. The van der Waals surface area contributed by atoms with Crippen LogP contribution in [0, 0.1) is 11.8 Å². The minimum absolute atomic E-state index is 0.128. The summed E-state index contributed by atoms with van der Waals surface area (Å²) in [7, 11) is 0. The van der Waals surface area contributed by atoms with Crippen molar-refractivity contribution >= 4 is 17.4 Å². The molecule has 0 aromatic heterocycles. The molecule has 31 heavy (non-hydrogen) atoms. The first kappa shape index (κ1) is 21.1. The summed E-state index contributed by atoms with van der Waals surface area (Å²) in [6.45, 7) is 0.142. The summed E-state index contributed by atoms with van der Waals surface area (Å²) in [6, 6.07) is 24.6. The first-order valence-electron chi connectivity index (χ1n) is 10.8. The maximum absolute atomic E-state index is 12.1. The van der Waals surface area contributed by atoms with Crippen molar-refractivity contribution in [3.63, 3.8) is 0 Å². The second-order valence-electron chi connectivity index (χ2n) is 8.13. The molecule has 0 bridgehead atoms. The van der Waals surface area contributed by atoms with Crippen LogP contribution >= 0.6 is 0 Å². The summed E-state index contributed by atoms with van der Waals surface area (Å²) < 4.78 is 0. The Bertz CT molecular complexity index is 987. The van der Waals surface area contributed by atoms with Gasteiger partial charge in [-0.3, -0.25) is 0 Å². The zero-order valence-electron chi connectivity index (χ0n) is 17.4. The highest BCUT2D eigenvalue weighted by Gasteiger charge is 2.32. The van der Waals surface area contributed by atoms with Gasteiger partial charge < -0.3 is 20.8 Å². The maximum atomic E-state index is 12.1. The van der Waals surface area contributed by atoms with E-state index >= 15 is 0 Å². The van der Waals surface area contributed by atoms with Crippen LogP contribution in [0.2, 0.25) is 0 Å². The third-order valence-electron chi connectivity index (χ3n) is 6.12. The molecule has 0 heterocycles. The van der Waals surface area contributed by atoms with E-state index in [0.29, 0.717) is 5.69 Å². The molecule has 4 rings (SSSR count). The fourth-order valence-electron chi connectivity index (χ4n) is 4.39. The normalized spacial score (nSPS) is 19.0. The lowest BCUT2D eigenvalue weighted by Gasteiger charge is -2.24. The lowest BCUT2D eigenvalue weighted by molar-refractivity contribution is 0.0636. The first-order valence-corrected chi connectivity index (χ1v) is 10.8. The summed E-state index contributed by atoms with van der Waals surface area (Å²) >= 11 is 0. The van der Waals surface area contributed by atoms with Crippen molar-refractivity contribution < 1.29 is 15.0 Å². The monoisotopic (exact) mass is 416 g/mol. The number of anilines is 2. The highest BCUT2D eigenvalue weighted by molar-refractivity contribution is 5.99. The van der Waals surface area contributed by atoms with Crippen LogP contribution in [-0.2, 0) is 0 Å². The number of hydrogen-bond acceptors (Lipinski definition) is 3. The largest absolute Gasteiger partial charge is 0.396 e. The number of carbonyl (C=O) groups is 1. The third kappa shape index (κ3) is 5.13. The van der Waals surface area contributed by atoms with E-state index in [1.54, 1.807) is 0 Å². The summed E-state index contributed by atoms with van der Waals surface area (Å²) in [5, 5.41) is 25.9. The molecule has 1 aliphatic rings. The molecular weight excluding hydrogens is 388 g/mol. The van der Waals surface area contributed by atoms with E-state index < -0.39 is 6.10 Å². The predicted molar refractivity (Wildman–Crippen MR) is 124 cm³/mol. The molecule has 5 heteroatoms. The lowest BCUT2D eigenvalue weighted by atomic mass is 9.87. The van der Waals surface area contributed by atoms with Crippen LogP contribution in [0.25, 0.3) is 11.1 Å². The van der Waals surface area contributed by atoms with Gasteiger partial charge in [0.1, 0.15) is 0 Å². The minimum atomic E-state index is -0.539. The van der Waals surface area contributed by atoms with Crippen LogP contribution in [0.1, 0.15) is 30.9 Å². The van der Waals surface area contributed by atoms with Gasteiger partial charge in [0.25, 0.3) is 0 Å². The van der Waals surface area contributed by atoms with Crippen molar-refractivity contribution in [2.45, 2.75) is 25.4 Å². The van der Waals surface area contributed by atoms with Crippen LogP contribution in [-0.4, -0.2) is 22.9 Å². The Balaban J connectivity index is 1.38. The minimum Gasteiger partial charge on any atom is -0.396 e. The number of para-hydroxylation sites is 1. The van der Waals surface area contributed by atoms with E-state index in [1.807, 2.05) is 78.9 Å². The second kappa shape index (κ2) is 9.77. The number of nitrogens with one attached hydrogen (secondary N) is 2. The van der Waals surface area contributed by atoms with Gasteiger partial charge in [0.05, 0.1) is 6.10 Å². The summed E-state index contributed by atoms with van der Waals surface area (Å²) in [5.74, 6) is 0.317. The van der Waals surface area contributed by atoms with Crippen LogP contribution in [0.15, 0.2) is 78.9 Å². The number of aliphatic hydroxyl groups excluding tert-OH is 2. The fourth-order valence-corrected chi connectivity index (χ4v) is 4.39. The van der Waals surface area contributed by atoms with Crippen molar-refractivity contribution in [2.75, 3.05) is 17.2 Å². The Labute approximate surface area is 182 Å². The molecule has 3 aromatic rings. The average Bonchev–Trinajstić information content (AvgIpc) is 3.29. The number of amides is 2. The number of rotatable bonds is 6. The van der Waals surface area contributed by atoms with E-state index in [2.05, 4.69) is 10.6 Å². The molecule has 5 nitrogen and oxygen atoms in total.